The average molecular weight is 236 g/mol. The molecule has 0 N–H and O–H groups in total. The van der Waals surface area contributed by atoms with Gasteiger partial charge in [0.25, 0.3) is 0 Å². The predicted octanol–water partition coefficient (Wildman–Crippen LogP) is 2.63. The highest BCUT2D eigenvalue weighted by Gasteiger charge is 2.03. The van der Waals surface area contributed by atoms with Gasteiger partial charge in [-0.25, -0.2) is 0 Å². The van der Waals surface area contributed by atoms with Crippen LogP contribution in [0.3, 0.4) is 0 Å². The summed E-state index contributed by atoms with van der Waals surface area (Å²) < 4.78 is 6.42. The van der Waals surface area contributed by atoms with Gasteiger partial charge in [0.15, 0.2) is 0 Å². The molecule has 0 unspecified atom stereocenters. The second-order valence-electron chi connectivity index (χ2n) is 1.91. The van der Waals surface area contributed by atoms with Crippen LogP contribution in [0.15, 0.2) is 21.5 Å². The molecule has 0 amide bonds. The number of halogens is 1. The minimum absolute atomic E-state index is 1.03. The molecule has 1 rings (SSSR count). The summed E-state index contributed by atoms with van der Waals surface area (Å²) in [6.45, 7) is 0. The maximum atomic E-state index is 5.09. The third-order valence-electron chi connectivity index (χ3n) is 1.29. The molecule has 0 spiro atoms. The van der Waals surface area contributed by atoms with E-state index in [9.17, 15) is 0 Å². The quantitative estimate of drug-likeness (QED) is 0.636. The van der Waals surface area contributed by atoms with E-state index in [1.54, 1.807) is 7.11 Å². The molecule has 0 saturated carbocycles. The molecule has 0 atom stereocenters. The summed E-state index contributed by atoms with van der Waals surface area (Å²) >= 11 is 2.32. The molecule has 0 aromatic carbocycles. The van der Waals surface area contributed by atoms with Crippen molar-refractivity contribution in [3.63, 3.8) is 0 Å². The van der Waals surface area contributed by atoms with Crippen LogP contribution < -0.4 is 0 Å². The lowest BCUT2D eigenvalue weighted by molar-refractivity contribution is 0.303. The predicted molar refractivity (Wildman–Crippen MR) is 46.4 cm³/mol. The fourth-order valence-corrected chi connectivity index (χ4v) is 1.50. The normalized spacial score (nSPS) is 18.4. The lowest BCUT2D eigenvalue weighted by Crippen LogP contribution is -1.90. The molecule has 1 nitrogen and oxygen atoms in total. The van der Waals surface area contributed by atoms with Gasteiger partial charge in [-0.1, -0.05) is 6.08 Å². The fourth-order valence-electron chi connectivity index (χ4n) is 0.793. The minimum atomic E-state index is 1.03. The van der Waals surface area contributed by atoms with Crippen molar-refractivity contribution in [3.05, 3.63) is 21.5 Å². The molecule has 0 radical (unpaired) electrons. The topological polar surface area (TPSA) is 9.23 Å². The van der Waals surface area contributed by atoms with Crippen molar-refractivity contribution in [2.24, 2.45) is 0 Å². The highest BCUT2D eigenvalue weighted by atomic mass is 127. The minimum Gasteiger partial charge on any atom is -0.496 e. The van der Waals surface area contributed by atoms with Gasteiger partial charge in [0.1, 0.15) is 5.76 Å². The van der Waals surface area contributed by atoms with E-state index in [1.165, 1.54) is 3.58 Å². The van der Waals surface area contributed by atoms with Gasteiger partial charge in [-0.05, 0) is 41.5 Å². The Balaban J connectivity index is 2.72. The van der Waals surface area contributed by atoms with E-state index in [1.807, 2.05) is 6.08 Å². The molecule has 9 heavy (non-hydrogen) atoms. The highest BCUT2D eigenvalue weighted by molar-refractivity contribution is 14.1. The number of hydrogen-bond acceptors (Lipinski definition) is 1. The molecule has 0 heterocycles. The molecular formula is C7H9IO. The smallest absolute Gasteiger partial charge is 0.127 e. The van der Waals surface area contributed by atoms with Crippen molar-refractivity contribution in [3.8, 4) is 0 Å². The first kappa shape index (κ1) is 7.12. The van der Waals surface area contributed by atoms with Crippen molar-refractivity contribution in [1.82, 2.24) is 0 Å². The summed E-state index contributed by atoms with van der Waals surface area (Å²) in [6.07, 6.45) is 6.47. The van der Waals surface area contributed by atoms with Gasteiger partial charge in [0.05, 0.1) is 7.11 Å². The number of methoxy groups -OCH3 is 1. The molecule has 0 saturated heterocycles. The fraction of sp³-hybridized carbons (Fsp3) is 0.429. The van der Waals surface area contributed by atoms with Crippen molar-refractivity contribution >= 4 is 22.6 Å². The average Bonchev–Trinajstić information content (AvgIpc) is 1.89. The lowest BCUT2D eigenvalue weighted by Gasteiger charge is -2.08. The summed E-state index contributed by atoms with van der Waals surface area (Å²) in [4.78, 5) is 0. The van der Waals surface area contributed by atoms with Crippen LogP contribution in [-0.4, -0.2) is 7.11 Å². The van der Waals surface area contributed by atoms with Crippen molar-refractivity contribution < 1.29 is 4.74 Å². The lowest BCUT2D eigenvalue weighted by atomic mass is 10.2. The number of ether oxygens (including phenoxy) is 1. The molecule has 2 heteroatoms. The molecule has 1 aliphatic rings. The Bertz CT molecular complexity index is 158. The van der Waals surface area contributed by atoms with Crippen LogP contribution in [0.2, 0.25) is 0 Å². The first-order valence-electron chi connectivity index (χ1n) is 2.94. The van der Waals surface area contributed by atoms with E-state index in [-0.39, 0.29) is 0 Å². The second-order valence-corrected chi connectivity index (χ2v) is 3.22. The van der Waals surface area contributed by atoms with Crippen LogP contribution in [-0.2, 0) is 4.74 Å². The van der Waals surface area contributed by atoms with Gasteiger partial charge in [-0.3, -0.25) is 0 Å². The van der Waals surface area contributed by atoms with Crippen LogP contribution in [0.4, 0.5) is 0 Å². The maximum absolute atomic E-state index is 5.09. The number of hydrogen-bond donors (Lipinski definition) is 0. The van der Waals surface area contributed by atoms with E-state index in [0.29, 0.717) is 0 Å². The summed E-state index contributed by atoms with van der Waals surface area (Å²) in [5.74, 6) is 1.03. The molecule has 0 aliphatic heterocycles. The second kappa shape index (κ2) is 3.25. The van der Waals surface area contributed by atoms with E-state index in [0.717, 1.165) is 18.6 Å². The molecule has 0 bridgehead atoms. The monoisotopic (exact) mass is 236 g/mol. The van der Waals surface area contributed by atoms with Crippen LogP contribution in [0.5, 0.6) is 0 Å². The Kier molecular flexibility index (Phi) is 2.57. The van der Waals surface area contributed by atoms with Crippen LogP contribution in [0, 0.1) is 0 Å². The Morgan fingerprint density at radius 1 is 1.67 bits per heavy atom. The summed E-state index contributed by atoms with van der Waals surface area (Å²) in [5, 5.41) is 0. The van der Waals surface area contributed by atoms with Crippen molar-refractivity contribution in [2.75, 3.05) is 7.11 Å². The van der Waals surface area contributed by atoms with Crippen molar-refractivity contribution in [2.45, 2.75) is 12.8 Å². The first-order valence-corrected chi connectivity index (χ1v) is 4.01. The van der Waals surface area contributed by atoms with E-state index < -0.39 is 0 Å². The van der Waals surface area contributed by atoms with Gasteiger partial charge in [0, 0.05) is 3.58 Å². The molecule has 0 fully saturated rings. The maximum Gasteiger partial charge on any atom is 0.127 e. The summed E-state index contributed by atoms with van der Waals surface area (Å²) in [6, 6.07) is 0. The van der Waals surface area contributed by atoms with E-state index in [2.05, 4.69) is 28.7 Å². The van der Waals surface area contributed by atoms with Crippen LogP contribution in [0.25, 0.3) is 0 Å². The molecule has 1 aliphatic carbocycles. The zero-order valence-corrected chi connectivity index (χ0v) is 7.51. The third kappa shape index (κ3) is 1.71. The van der Waals surface area contributed by atoms with Crippen molar-refractivity contribution in [1.29, 1.82) is 0 Å². The largest absolute Gasteiger partial charge is 0.496 e. The van der Waals surface area contributed by atoms with Crippen LogP contribution >= 0.6 is 22.6 Å². The zero-order valence-electron chi connectivity index (χ0n) is 5.36. The van der Waals surface area contributed by atoms with Gasteiger partial charge >= 0.3 is 0 Å². The summed E-state index contributed by atoms with van der Waals surface area (Å²) in [7, 11) is 1.71. The standard InChI is InChI=1S/C7H9IO/c1-9-7-5-3-2-4-6(7)8/h3,5H,2,4H2,1H3. The Labute approximate surface area is 68.9 Å². The molecule has 0 aromatic heterocycles. The van der Waals surface area contributed by atoms with E-state index in [4.69, 9.17) is 4.74 Å². The number of rotatable bonds is 1. The Morgan fingerprint density at radius 2 is 2.44 bits per heavy atom. The molecule has 50 valence electrons. The van der Waals surface area contributed by atoms with Gasteiger partial charge in [0.2, 0.25) is 0 Å². The number of allylic oxidation sites excluding steroid dienone is 3. The summed E-state index contributed by atoms with van der Waals surface area (Å²) in [5.41, 5.74) is 0. The van der Waals surface area contributed by atoms with Gasteiger partial charge < -0.3 is 4.74 Å². The Hall–Kier alpha value is 0.01000. The highest BCUT2D eigenvalue weighted by Crippen LogP contribution is 2.24. The molecule has 0 aromatic rings. The third-order valence-corrected chi connectivity index (χ3v) is 2.36. The van der Waals surface area contributed by atoms with Crippen LogP contribution in [0.1, 0.15) is 12.8 Å². The van der Waals surface area contributed by atoms with Gasteiger partial charge in [-0.2, -0.15) is 0 Å². The molecular weight excluding hydrogens is 227 g/mol. The van der Waals surface area contributed by atoms with Gasteiger partial charge in [-0.15, -0.1) is 0 Å². The van der Waals surface area contributed by atoms with E-state index >= 15 is 0 Å². The Morgan fingerprint density at radius 3 is 2.89 bits per heavy atom. The SMILES string of the molecule is COC1=C(I)CCC=C1. The first-order chi connectivity index (χ1) is 4.34. The zero-order chi connectivity index (χ0) is 6.69.